The minimum atomic E-state index is -0.208. The van der Waals surface area contributed by atoms with Gasteiger partial charge < -0.3 is 0 Å². The minimum absolute atomic E-state index is 0.208. The van der Waals surface area contributed by atoms with E-state index in [-0.39, 0.29) is 5.82 Å². The van der Waals surface area contributed by atoms with Crippen molar-refractivity contribution >= 4 is 31.9 Å². The van der Waals surface area contributed by atoms with Gasteiger partial charge in [0.15, 0.2) is 0 Å². The van der Waals surface area contributed by atoms with Crippen molar-refractivity contribution in [1.82, 2.24) is 0 Å². The van der Waals surface area contributed by atoms with Crippen LogP contribution in [0.2, 0.25) is 0 Å². The summed E-state index contributed by atoms with van der Waals surface area (Å²) in [6, 6.07) is 5.12. The summed E-state index contributed by atoms with van der Waals surface area (Å²) in [4.78, 5) is 0. The van der Waals surface area contributed by atoms with Crippen molar-refractivity contribution in [3.05, 3.63) is 34.1 Å². The van der Waals surface area contributed by atoms with Crippen LogP contribution in [-0.2, 0) is 0 Å². The molecule has 1 unspecified atom stereocenters. The van der Waals surface area contributed by atoms with Crippen molar-refractivity contribution < 1.29 is 4.39 Å². The van der Waals surface area contributed by atoms with Crippen LogP contribution in [0.5, 0.6) is 0 Å². The van der Waals surface area contributed by atoms with E-state index in [0.29, 0.717) is 10.4 Å². The third kappa shape index (κ3) is 2.30. The third-order valence-corrected chi connectivity index (χ3v) is 3.32. The number of hydrogen-bond donors (Lipinski definition) is 0. The third-order valence-electron chi connectivity index (χ3n) is 1.74. The molecule has 0 aromatic heterocycles. The molecule has 0 saturated heterocycles. The Morgan fingerprint density at radius 3 is 2.67 bits per heavy atom. The molecule has 0 fully saturated rings. The maximum Gasteiger partial charge on any atom is 0.137 e. The van der Waals surface area contributed by atoms with E-state index >= 15 is 0 Å². The maximum atomic E-state index is 12.8. The molecule has 0 aliphatic rings. The molecule has 0 aliphatic heterocycles. The van der Waals surface area contributed by atoms with Crippen LogP contribution in [0.4, 0.5) is 4.39 Å². The van der Waals surface area contributed by atoms with Crippen LogP contribution in [0.15, 0.2) is 22.7 Å². The summed E-state index contributed by atoms with van der Waals surface area (Å²) in [5.41, 5.74) is 1.14. The van der Waals surface area contributed by atoms with E-state index < -0.39 is 0 Å². The van der Waals surface area contributed by atoms with E-state index in [9.17, 15) is 4.39 Å². The summed E-state index contributed by atoms with van der Waals surface area (Å²) in [7, 11) is 0. The Morgan fingerprint density at radius 1 is 1.50 bits per heavy atom. The lowest BCUT2D eigenvalue weighted by molar-refractivity contribution is 0.619. The molecule has 0 nitrogen and oxygen atoms in total. The van der Waals surface area contributed by atoms with E-state index in [1.807, 2.05) is 12.1 Å². The minimum Gasteiger partial charge on any atom is -0.206 e. The predicted molar refractivity (Wildman–Crippen MR) is 56.3 cm³/mol. The molecule has 0 heterocycles. The highest BCUT2D eigenvalue weighted by Crippen LogP contribution is 2.23. The van der Waals surface area contributed by atoms with Crippen molar-refractivity contribution in [2.45, 2.75) is 12.8 Å². The van der Waals surface area contributed by atoms with Gasteiger partial charge in [0.05, 0.1) is 4.47 Å². The molecule has 12 heavy (non-hydrogen) atoms. The Hall–Kier alpha value is 0.110. The highest BCUT2D eigenvalue weighted by Gasteiger charge is 2.05. The molecule has 1 atom stereocenters. The monoisotopic (exact) mass is 294 g/mol. The van der Waals surface area contributed by atoms with Crippen molar-refractivity contribution in [2.75, 3.05) is 5.33 Å². The zero-order valence-corrected chi connectivity index (χ0v) is 9.82. The quantitative estimate of drug-likeness (QED) is 0.721. The highest BCUT2D eigenvalue weighted by molar-refractivity contribution is 9.10. The molecule has 0 bridgehead atoms. The SMILES string of the molecule is CC(CBr)c1ccc(F)c(Br)c1. The zero-order valence-electron chi connectivity index (χ0n) is 6.65. The summed E-state index contributed by atoms with van der Waals surface area (Å²) in [6.07, 6.45) is 0. The van der Waals surface area contributed by atoms with E-state index in [1.165, 1.54) is 6.07 Å². The molecule has 0 saturated carbocycles. The lowest BCUT2D eigenvalue weighted by Gasteiger charge is -2.08. The van der Waals surface area contributed by atoms with Crippen molar-refractivity contribution in [1.29, 1.82) is 0 Å². The van der Waals surface area contributed by atoms with E-state index in [4.69, 9.17) is 0 Å². The smallest absolute Gasteiger partial charge is 0.137 e. The average molecular weight is 296 g/mol. The van der Waals surface area contributed by atoms with Gasteiger partial charge in [-0.15, -0.1) is 0 Å². The summed E-state index contributed by atoms with van der Waals surface area (Å²) >= 11 is 6.54. The summed E-state index contributed by atoms with van der Waals surface area (Å²) < 4.78 is 13.3. The van der Waals surface area contributed by atoms with Crippen molar-refractivity contribution in [3.8, 4) is 0 Å². The molecular formula is C9H9Br2F. The van der Waals surface area contributed by atoms with E-state index in [0.717, 1.165) is 10.9 Å². The number of rotatable bonds is 2. The first kappa shape index (κ1) is 10.2. The lowest BCUT2D eigenvalue weighted by atomic mass is 10.0. The second-order valence-corrected chi connectivity index (χ2v) is 4.23. The second-order valence-electron chi connectivity index (χ2n) is 2.73. The number of benzene rings is 1. The standard InChI is InChI=1S/C9H9Br2F/c1-6(5-10)7-2-3-9(12)8(11)4-7/h2-4,6H,5H2,1H3. The Bertz CT molecular complexity index is 273. The maximum absolute atomic E-state index is 12.8. The molecule has 0 radical (unpaired) electrons. The second kappa shape index (κ2) is 4.38. The topological polar surface area (TPSA) is 0 Å². The molecular weight excluding hydrogens is 287 g/mol. The van der Waals surface area contributed by atoms with Crippen LogP contribution in [0.3, 0.4) is 0 Å². The fraction of sp³-hybridized carbons (Fsp3) is 0.333. The fourth-order valence-electron chi connectivity index (χ4n) is 0.908. The van der Waals surface area contributed by atoms with Gasteiger partial charge in [0, 0.05) is 5.33 Å². The van der Waals surface area contributed by atoms with Crippen molar-refractivity contribution in [3.63, 3.8) is 0 Å². The van der Waals surface area contributed by atoms with Crippen LogP contribution in [-0.4, -0.2) is 5.33 Å². The summed E-state index contributed by atoms with van der Waals surface area (Å²) in [5, 5.41) is 0.894. The number of hydrogen-bond acceptors (Lipinski definition) is 0. The molecule has 0 amide bonds. The molecule has 0 N–H and O–H groups in total. The van der Waals surface area contributed by atoms with Crippen molar-refractivity contribution in [2.24, 2.45) is 0 Å². The summed E-state index contributed by atoms with van der Waals surface area (Å²) in [6.45, 7) is 2.09. The average Bonchev–Trinajstić information content (AvgIpc) is 2.08. The molecule has 1 aromatic carbocycles. The normalized spacial score (nSPS) is 13.0. The molecule has 0 aliphatic carbocycles. The largest absolute Gasteiger partial charge is 0.206 e. The number of halogens is 3. The lowest BCUT2D eigenvalue weighted by Crippen LogP contribution is -1.94. The van der Waals surface area contributed by atoms with Gasteiger partial charge in [0.2, 0.25) is 0 Å². The van der Waals surface area contributed by atoms with Crippen LogP contribution in [0.25, 0.3) is 0 Å². The Kier molecular flexibility index (Phi) is 3.72. The molecule has 1 rings (SSSR count). The van der Waals surface area contributed by atoms with Gasteiger partial charge >= 0.3 is 0 Å². The van der Waals surface area contributed by atoms with Gasteiger partial charge in [-0.1, -0.05) is 28.9 Å². The first-order valence-electron chi connectivity index (χ1n) is 3.66. The first-order chi connectivity index (χ1) is 5.65. The molecule has 3 heteroatoms. The van der Waals surface area contributed by atoms with Crippen LogP contribution >= 0.6 is 31.9 Å². The molecule has 0 spiro atoms. The van der Waals surface area contributed by atoms with E-state index in [1.54, 1.807) is 0 Å². The summed E-state index contributed by atoms with van der Waals surface area (Å²) in [5.74, 6) is 0.211. The predicted octanol–water partition coefficient (Wildman–Crippen LogP) is 4.09. The number of alkyl halides is 1. The first-order valence-corrected chi connectivity index (χ1v) is 5.57. The van der Waals surface area contributed by atoms with Gasteiger partial charge in [0.1, 0.15) is 5.82 Å². The van der Waals surface area contributed by atoms with Crippen LogP contribution in [0.1, 0.15) is 18.4 Å². The van der Waals surface area contributed by atoms with E-state index in [2.05, 4.69) is 38.8 Å². The highest BCUT2D eigenvalue weighted by atomic mass is 79.9. The fourth-order valence-corrected chi connectivity index (χ4v) is 1.68. The zero-order chi connectivity index (χ0) is 9.14. The van der Waals surface area contributed by atoms with Gasteiger partial charge in [-0.2, -0.15) is 0 Å². The van der Waals surface area contributed by atoms with Gasteiger partial charge in [-0.05, 0) is 39.5 Å². The van der Waals surface area contributed by atoms with Gasteiger partial charge in [0.25, 0.3) is 0 Å². The Morgan fingerprint density at radius 2 is 2.17 bits per heavy atom. The molecule has 1 aromatic rings. The van der Waals surface area contributed by atoms with Gasteiger partial charge in [-0.3, -0.25) is 0 Å². The van der Waals surface area contributed by atoms with Crippen LogP contribution in [0, 0.1) is 5.82 Å². The van der Waals surface area contributed by atoms with Gasteiger partial charge in [-0.25, -0.2) is 4.39 Å². The Balaban J connectivity index is 2.96. The Labute approximate surface area is 88.4 Å². The van der Waals surface area contributed by atoms with Crippen LogP contribution < -0.4 is 0 Å². The molecule has 66 valence electrons.